The second-order valence-corrected chi connectivity index (χ2v) is 2.93. The Morgan fingerprint density at radius 2 is 2.20 bits per heavy atom. The number of nitrogens with zero attached hydrogens (tertiary/aromatic N) is 2. The third-order valence-corrected chi connectivity index (χ3v) is 1.87. The van der Waals surface area contributed by atoms with Crippen molar-refractivity contribution in [3.05, 3.63) is 24.0 Å². The average Bonchev–Trinajstić information content (AvgIpc) is 2.47. The SMILES string of the molecule is Cc1c(NC(=O)/C=C/C(=O)O)cnn1C. The zero-order valence-corrected chi connectivity index (χ0v) is 8.39. The highest BCUT2D eigenvalue weighted by atomic mass is 16.4. The van der Waals surface area contributed by atoms with Crippen molar-refractivity contribution in [1.82, 2.24) is 9.78 Å². The first-order valence-corrected chi connectivity index (χ1v) is 4.21. The number of aryl methyl sites for hydroxylation is 1. The summed E-state index contributed by atoms with van der Waals surface area (Å²) in [5, 5.41) is 14.7. The molecule has 80 valence electrons. The number of aliphatic carboxylic acids is 1. The zero-order chi connectivity index (χ0) is 11.4. The lowest BCUT2D eigenvalue weighted by Gasteiger charge is -2.00. The van der Waals surface area contributed by atoms with Gasteiger partial charge in [0, 0.05) is 19.2 Å². The van der Waals surface area contributed by atoms with Crippen LogP contribution in [0, 0.1) is 6.92 Å². The minimum Gasteiger partial charge on any atom is -0.478 e. The Kier molecular flexibility index (Phi) is 3.22. The van der Waals surface area contributed by atoms with Crippen molar-refractivity contribution >= 4 is 17.6 Å². The molecule has 0 saturated heterocycles. The number of carbonyl (C=O) groups excluding carboxylic acids is 1. The van der Waals surface area contributed by atoms with Gasteiger partial charge in [0.1, 0.15) is 0 Å². The molecule has 0 fully saturated rings. The standard InChI is InChI=1S/C9H11N3O3/c1-6-7(5-10-12(6)2)11-8(13)3-4-9(14)15/h3-5H,1-2H3,(H,11,13)(H,14,15)/b4-3+. The monoisotopic (exact) mass is 209 g/mol. The molecule has 0 aliphatic rings. The molecular weight excluding hydrogens is 198 g/mol. The highest BCUT2D eigenvalue weighted by Gasteiger charge is 2.05. The van der Waals surface area contributed by atoms with Gasteiger partial charge >= 0.3 is 5.97 Å². The van der Waals surface area contributed by atoms with E-state index in [0.29, 0.717) is 5.69 Å². The maximum absolute atomic E-state index is 11.2. The maximum Gasteiger partial charge on any atom is 0.328 e. The van der Waals surface area contributed by atoms with Crippen molar-refractivity contribution in [3.8, 4) is 0 Å². The maximum atomic E-state index is 11.2. The van der Waals surface area contributed by atoms with Crippen LogP contribution in [0.1, 0.15) is 5.69 Å². The van der Waals surface area contributed by atoms with E-state index in [1.54, 1.807) is 18.7 Å². The highest BCUT2D eigenvalue weighted by Crippen LogP contribution is 2.11. The molecule has 0 bridgehead atoms. The number of hydrogen-bond acceptors (Lipinski definition) is 3. The van der Waals surface area contributed by atoms with Gasteiger partial charge in [0.2, 0.25) is 5.91 Å². The first kappa shape index (κ1) is 11.0. The van der Waals surface area contributed by atoms with Gasteiger partial charge in [-0.05, 0) is 6.92 Å². The van der Waals surface area contributed by atoms with Crippen molar-refractivity contribution in [2.75, 3.05) is 5.32 Å². The normalized spacial score (nSPS) is 10.5. The lowest BCUT2D eigenvalue weighted by atomic mass is 10.4. The summed E-state index contributed by atoms with van der Waals surface area (Å²) in [6.45, 7) is 1.80. The first-order valence-electron chi connectivity index (χ1n) is 4.21. The number of carboxylic acids is 1. The molecule has 1 heterocycles. The topological polar surface area (TPSA) is 84.2 Å². The molecule has 0 radical (unpaired) electrons. The van der Waals surface area contributed by atoms with E-state index in [0.717, 1.165) is 17.8 Å². The molecule has 15 heavy (non-hydrogen) atoms. The lowest BCUT2D eigenvalue weighted by molar-refractivity contribution is -0.131. The van der Waals surface area contributed by atoms with Crippen molar-refractivity contribution in [2.24, 2.45) is 7.05 Å². The van der Waals surface area contributed by atoms with E-state index in [1.807, 2.05) is 0 Å². The Labute approximate surface area is 86.2 Å². The van der Waals surface area contributed by atoms with Gasteiger partial charge in [0.05, 0.1) is 17.6 Å². The Bertz CT molecular complexity index is 420. The van der Waals surface area contributed by atoms with Crippen LogP contribution in [0.5, 0.6) is 0 Å². The van der Waals surface area contributed by atoms with Gasteiger partial charge in [-0.1, -0.05) is 0 Å². The number of amides is 1. The fraction of sp³-hybridized carbons (Fsp3) is 0.222. The summed E-state index contributed by atoms with van der Waals surface area (Å²) < 4.78 is 1.61. The van der Waals surface area contributed by atoms with Crippen LogP contribution in [0.3, 0.4) is 0 Å². The first-order chi connectivity index (χ1) is 7.00. The van der Waals surface area contributed by atoms with Crippen LogP contribution >= 0.6 is 0 Å². The summed E-state index contributed by atoms with van der Waals surface area (Å²) in [7, 11) is 1.75. The molecule has 0 unspecified atom stereocenters. The van der Waals surface area contributed by atoms with E-state index in [1.165, 1.54) is 6.20 Å². The van der Waals surface area contributed by atoms with E-state index in [2.05, 4.69) is 10.4 Å². The molecule has 1 amide bonds. The van der Waals surface area contributed by atoms with Gasteiger partial charge in [0.25, 0.3) is 0 Å². The zero-order valence-electron chi connectivity index (χ0n) is 8.39. The molecule has 2 N–H and O–H groups in total. The van der Waals surface area contributed by atoms with E-state index in [4.69, 9.17) is 5.11 Å². The van der Waals surface area contributed by atoms with Gasteiger partial charge in [-0.25, -0.2) is 4.79 Å². The summed E-state index contributed by atoms with van der Waals surface area (Å²) in [6.07, 6.45) is 3.23. The van der Waals surface area contributed by atoms with Gasteiger partial charge < -0.3 is 10.4 Å². The Morgan fingerprint density at radius 3 is 2.67 bits per heavy atom. The van der Waals surface area contributed by atoms with Crippen molar-refractivity contribution in [2.45, 2.75) is 6.92 Å². The predicted octanol–water partition coefficient (Wildman–Crippen LogP) is 0.308. The van der Waals surface area contributed by atoms with E-state index in [9.17, 15) is 9.59 Å². The van der Waals surface area contributed by atoms with Crippen LogP contribution < -0.4 is 5.32 Å². The van der Waals surface area contributed by atoms with Crippen LogP contribution in [-0.4, -0.2) is 26.8 Å². The number of hydrogen-bond donors (Lipinski definition) is 2. The Hall–Kier alpha value is -2.11. The quantitative estimate of drug-likeness (QED) is 0.701. The minimum absolute atomic E-state index is 0.492. The van der Waals surface area contributed by atoms with Gasteiger partial charge in [-0.3, -0.25) is 9.48 Å². The molecule has 0 saturated carbocycles. The van der Waals surface area contributed by atoms with Crippen LogP contribution in [0.4, 0.5) is 5.69 Å². The summed E-state index contributed by atoms with van der Waals surface area (Å²) in [5.41, 5.74) is 1.37. The fourth-order valence-corrected chi connectivity index (χ4v) is 0.943. The average molecular weight is 209 g/mol. The van der Waals surface area contributed by atoms with Gasteiger partial charge in [-0.15, -0.1) is 0 Å². The summed E-state index contributed by atoms with van der Waals surface area (Å²) >= 11 is 0. The molecule has 0 aromatic carbocycles. The number of carboxylic acid groups (broad SMARTS) is 1. The lowest BCUT2D eigenvalue weighted by Crippen LogP contribution is -2.09. The van der Waals surface area contributed by atoms with Crippen LogP contribution in [0.2, 0.25) is 0 Å². The summed E-state index contributed by atoms with van der Waals surface area (Å²) in [4.78, 5) is 21.3. The molecule has 0 spiro atoms. The van der Waals surface area contributed by atoms with E-state index < -0.39 is 11.9 Å². The molecule has 0 atom stereocenters. The van der Waals surface area contributed by atoms with Crippen LogP contribution in [0.25, 0.3) is 0 Å². The summed E-state index contributed by atoms with van der Waals surface area (Å²) in [6, 6.07) is 0. The van der Waals surface area contributed by atoms with Crippen molar-refractivity contribution in [1.29, 1.82) is 0 Å². The third kappa shape index (κ3) is 2.94. The van der Waals surface area contributed by atoms with E-state index in [-0.39, 0.29) is 0 Å². The fourth-order valence-electron chi connectivity index (χ4n) is 0.943. The molecule has 6 heteroatoms. The second kappa shape index (κ2) is 4.41. The molecular formula is C9H11N3O3. The number of carbonyl (C=O) groups is 2. The Balaban J connectivity index is 2.67. The predicted molar refractivity (Wildman–Crippen MR) is 53.4 cm³/mol. The highest BCUT2D eigenvalue weighted by molar-refractivity contribution is 6.02. The molecule has 6 nitrogen and oxygen atoms in total. The molecule has 0 aliphatic carbocycles. The molecule has 1 aromatic heterocycles. The Morgan fingerprint density at radius 1 is 1.53 bits per heavy atom. The van der Waals surface area contributed by atoms with Crippen molar-refractivity contribution in [3.63, 3.8) is 0 Å². The van der Waals surface area contributed by atoms with Crippen LogP contribution in [0.15, 0.2) is 18.3 Å². The van der Waals surface area contributed by atoms with Gasteiger partial charge in [-0.2, -0.15) is 5.10 Å². The van der Waals surface area contributed by atoms with Crippen LogP contribution in [-0.2, 0) is 16.6 Å². The largest absolute Gasteiger partial charge is 0.478 e. The molecule has 1 aromatic rings. The molecule has 0 aliphatic heterocycles. The minimum atomic E-state index is -1.16. The van der Waals surface area contributed by atoms with Crippen molar-refractivity contribution < 1.29 is 14.7 Å². The third-order valence-electron chi connectivity index (χ3n) is 1.87. The number of aromatic nitrogens is 2. The number of rotatable bonds is 3. The number of nitrogens with one attached hydrogen (secondary N) is 1. The summed E-state index contributed by atoms with van der Waals surface area (Å²) in [5.74, 6) is -1.65. The smallest absolute Gasteiger partial charge is 0.328 e. The second-order valence-electron chi connectivity index (χ2n) is 2.93. The van der Waals surface area contributed by atoms with Gasteiger partial charge in [0.15, 0.2) is 0 Å². The number of anilines is 1. The van der Waals surface area contributed by atoms with E-state index >= 15 is 0 Å². The molecule has 1 rings (SSSR count).